The molecular weight excluding hydrogens is 412 g/mol. The number of carbonyl (C=O) groups is 2. The van der Waals surface area contributed by atoms with Crippen LogP contribution in [0.4, 0.5) is 5.69 Å². The Hall–Kier alpha value is -3.15. The van der Waals surface area contributed by atoms with Crippen LogP contribution in [0.25, 0.3) is 22.4 Å². The van der Waals surface area contributed by atoms with Crippen molar-refractivity contribution < 1.29 is 9.59 Å². The van der Waals surface area contributed by atoms with Gasteiger partial charge in [-0.2, -0.15) is 0 Å². The van der Waals surface area contributed by atoms with Crippen LogP contribution in [0.2, 0.25) is 0 Å². The van der Waals surface area contributed by atoms with E-state index >= 15 is 0 Å². The van der Waals surface area contributed by atoms with Gasteiger partial charge in [-0.25, -0.2) is 4.98 Å². The number of benzene rings is 2. The minimum Gasteiger partial charge on any atom is -0.349 e. The van der Waals surface area contributed by atoms with E-state index in [0.717, 1.165) is 72.6 Å². The summed E-state index contributed by atoms with van der Waals surface area (Å²) in [5.74, 6) is 1.75. The second-order valence-corrected chi connectivity index (χ2v) is 9.80. The highest BCUT2D eigenvalue weighted by Gasteiger charge is 2.23. The number of rotatable bonds is 5. The van der Waals surface area contributed by atoms with Crippen LogP contribution in [-0.4, -0.2) is 27.8 Å². The molecule has 0 radical (unpaired) electrons. The summed E-state index contributed by atoms with van der Waals surface area (Å²) in [5, 5.41) is 6.23. The summed E-state index contributed by atoms with van der Waals surface area (Å²) in [6, 6.07) is 13.6. The van der Waals surface area contributed by atoms with Crippen molar-refractivity contribution in [2.45, 2.75) is 64.3 Å². The Morgan fingerprint density at radius 1 is 0.939 bits per heavy atom. The van der Waals surface area contributed by atoms with Crippen LogP contribution in [-0.2, 0) is 4.79 Å². The number of nitrogens with zero attached hydrogens (tertiary/aromatic N) is 1. The minimum atomic E-state index is -0.00615. The molecule has 5 rings (SSSR count). The van der Waals surface area contributed by atoms with Crippen molar-refractivity contribution in [2.24, 2.45) is 11.8 Å². The van der Waals surface area contributed by atoms with Gasteiger partial charge in [0.15, 0.2) is 0 Å². The summed E-state index contributed by atoms with van der Waals surface area (Å²) in [6.45, 7) is 2.28. The van der Waals surface area contributed by atoms with E-state index < -0.39 is 0 Å². The maximum atomic E-state index is 12.6. The fourth-order valence-corrected chi connectivity index (χ4v) is 5.11. The van der Waals surface area contributed by atoms with Crippen molar-refractivity contribution in [1.82, 2.24) is 15.3 Å². The molecule has 0 unspecified atom stereocenters. The molecule has 0 saturated heterocycles. The van der Waals surface area contributed by atoms with E-state index in [2.05, 4.69) is 27.5 Å². The summed E-state index contributed by atoms with van der Waals surface area (Å²) in [7, 11) is 0. The third-order valence-corrected chi connectivity index (χ3v) is 7.25. The van der Waals surface area contributed by atoms with E-state index in [4.69, 9.17) is 0 Å². The molecule has 2 fully saturated rings. The van der Waals surface area contributed by atoms with Crippen molar-refractivity contribution in [1.29, 1.82) is 0 Å². The number of fused-ring (bicyclic) bond motifs is 1. The molecule has 3 aromatic rings. The summed E-state index contributed by atoms with van der Waals surface area (Å²) >= 11 is 0. The van der Waals surface area contributed by atoms with Crippen molar-refractivity contribution in [3.05, 3.63) is 48.0 Å². The Balaban J connectivity index is 1.25. The summed E-state index contributed by atoms with van der Waals surface area (Å²) in [6.07, 6.45) is 8.74. The van der Waals surface area contributed by atoms with E-state index in [1.165, 1.54) is 12.8 Å². The molecule has 2 saturated carbocycles. The predicted molar refractivity (Wildman–Crippen MR) is 131 cm³/mol. The zero-order valence-electron chi connectivity index (χ0n) is 19.2. The molecule has 6 heteroatoms. The van der Waals surface area contributed by atoms with Crippen molar-refractivity contribution in [2.75, 3.05) is 5.32 Å². The van der Waals surface area contributed by atoms with Crippen molar-refractivity contribution in [3.8, 4) is 11.4 Å². The average Bonchev–Trinajstić information content (AvgIpc) is 3.51. The van der Waals surface area contributed by atoms with Gasteiger partial charge in [0.25, 0.3) is 5.91 Å². The van der Waals surface area contributed by atoms with Gasteiger partial charge in [-0.05, 0) is 74.8 Å². The standard InChI is InChI=1S/C27H32N4O2/c1-17-6-12-21(13-7-17)28-27(33)20-10-8-18(9-11-20)25-30-23-15-14-22(16-24(23)31-25)29-26(32)19-4-2-3-5-19/h8-11,14-17,19,21H,2-7,12-13H2,1H3,(H,28,33)(H,29,32)(H,30,31). The highest BCUT2D eigenvalue weighted by atomic mass is 16.2. The van der Waals surface area contributed by atoms with Crippen LogP contribution in [0, 0.1) is 11.8 Å². The molecule has 2 aliphatic rings. The number of hydrogen-bond donors (Lipinski definition) is 3. The van der Waals surface area contributed by atoms with Gasteiger partial charge in [-0.3, -0.25) is 9.59 Å². The van der Waals surface area contributed by atoms with Gasteiger partial charge < -0.3 is 15.6 Å². The number of aromatic nitrogens is 2. The van der Waals surface area contributed by atoms with E-state index in [1.54, 1.807) is 0 Å². The normalized spacial score (nSPS) is 21.2. The first-order valence-electron chi connectivity index (χ1n) is 12.3. The van der Waals surface area contributed by atoms with E-state index in [-0.39, 0.29) is 23.8 Å². The fraction of sp³-hybridized carbons (Fsp3) is 0.444. The Labute approximate surface area is 194 Å². The molecule has 2 amide bonds. The second-order valence-electron chi connectivity index (χ2n) is 9.80. The van der Waals surface area contributed by atoms with E-state index in [1.807, 2.05) is 42.5 Å². The Morgan fingerprint density at radius 3 is 2.39 bits per heavy atom. The molecule has 3 N–H and O–H groups in total. The average molecular weight is 445 g/mol. The number of H-pyrrole nitrogens is 1. The Kier molecular flexibility index (Phi) is 6.16. The lowest BCUT2D eigenvalue weighted by Gasteiger charge is -2.26. The molecule has 172 valence electrons. The number of hydrogen-bond acceptors (Lipinski definition) is 3. The molecular formula is C27H32N4O2. The van der Waals surface area contributed by atoms with Gasteiger partial charge >= 0.3 is 0 Å². The molecule has 33 heavy (non-hydrogen) atoms. The molecule has 2 aliphatic carbocycles. The first-order chi connectivity index (χ1) is 16.0. The van der Waals surface area contributed by atoms with Crippen LogP contribution in [0.3, 0.4) is 0 Å². The SMILES string of the molecule is CC1CCC(NC(=O)c2ccc(-c3nc4ccc(NC(=O)C5CCCC5)cc4[nH]3)cc2)CC1. The molecule has 1 aromatic heterocycles. The van der Waals surface area contributed by atoms with Crippen molar-refractivity contribution >= 4 is 28.5 Å². The number of imidazole rings is 1. The molecule has 1 heterocycles. The Bertz CT molecular complexity index is 1140. The summed E-state index contributed by atoms with van der Waals surface area (Å²) < 4.78 is 0. The fourth-order valence-electron chi connectivity index (χ4n) is 5.11. The minimum absolute atomic E-state index is 0.00615. The number of aromatic amines is 1. The number of anilines is 1. The van der Waals surface area contributed by atoms with Crippen LogP contribution >= 0.6 is 0 Å². The van der Waals surface area contributed by atoms with E-state index in [9.17, 15) is 9.59 Å². The summed E-state index contributed by atoms with van der Waals surface area (Å²) in [5.41, 5.74) is 4.11. The third-order valence-electron chi connectivity index (χ3n) is 7.25. The maximum Gasteiger partial charge on any atom is 0.251 e. The molecule has 6 nitrogen and oxygen atoms in total. The van der Waals surface area contributed by atoms with Crippen molar-refractivity contribution in [3.63, 3.8) is 0 Å². The molecule has 0 atom stereocenters. The van der Waals surface area contributed by atoms with Gasteiger partial charge in [-0.15, -0.1) is 0 Å². The topological polar surface area (TPSA) is 86.9 Å². The second kappa shape index (κ2) is 9.38. The number of carbonyl (C=O) groups excluding carboxylic acids is 2. The smallest absolute Gasteiger partial charge is 0.251 e. The maximum absolute atomic E-state index is 12.6. The van der Waals surface area contributed by atoms with Gasteiger partial charge in [-0.1, -0.05) is 31.9 Å². The lowest BCUT2D eigenvalue weighted by Crippen LogP contribution is -2.37. The first-order valence-corrected chi connectivity index (χ1v) is 12.3. The van der Waals surface area contributed by atoms with Gasteiger partial charge in [0.2, 0.25) is 5.91 Å². The molecule has 0 spiro atoms. The number of amides is 2. The van der Waals surface area contributed by atoms with Gasteiger partial charge in [0.05, 0.1) is 11.0 Å². The zero-order chi connectivity index (χ0) is 22.8. The monoisotopic (exact) mass is 444 g/mol. The van der Waals surface area contributed by atoms with Gasteiger partial charge in [0.1, 0.15) is 5.82 Å². The highest BCUT2D eigenvalue weighted by molar-refractivity contribution is 5.96. The van der Waals surface area contributed by atoms with Crippen LogP contribution in [0.1, 0.15) is 68.6 Å². The zero-order valence-corrected chi connectivity index (χ0v) is 19.2. The van der Waals surface area contributed by atoms with Gasteiger partial charge in [0, 0.05) is 28.8 Å². The molecule has 0 aliphatic heterocycles. The number of nitrogens with one attached hydrogen (secondary N) is 3. The predicted octanol–water partition coefficient (Wildman–Crippen LogP) is 5.67. The van der Waals surface area contributed by atoms with Crippen LogP contribution in [0.5, 0.6) is 0 Å². The highest BCUT2D eigenvalue weighted by Crippen LogP contribution is 2.28. The van der Waals surface area contributed by atoms with E-state index in [0.29, 0.717) is 5.56 Å². The lowest BCUT2D eigenvalue weighted by atomic mass is 9.87. The largest absolute Gasteiger partial charge is 0.349 e. The lowest BCUT2D eigenvalue weighted by molar-refractivity contribution is -0.119. The summed E-state index contributed by atoms with van der Waals surface area (Å²) in [4.78, 5) is 33.1. The third kappa shape index (κ3) is 4.95. The first kappa shape index (κ1) is 21.7. The van der Waals surface area contributed by atoms with Crippen LogP contribution in [0.15, 0.2) is 42.5 Å². The quantitative estimate of drug-likeness (QED) is 0.474. The van der Waals surface area contributed by atoms with Crippen LogP contribution < -0.4 is 10.6 Å². The molecule has 2 aromatic carbocycles. The molecule has 0 bridgehead atoms. The Morgan fingerprint density at radius 2 is 1.67 bits per heavy atom.